The van der Waals surface area contributed by atoms with E-state index < -0.39 is 24.2 Å². The molecule has 0 atom stereocenters. The van der Waals surface area contributed by atoms with E-state index in [0.717, 1.165) is 142 Å². The SMILES string of the molecule is c1ccc([Si](c2ccccc2)(c2ccnc(-n3c4ccccc4n4c5ccccc5nc34)c2)c2cccc3c2Oc2ccccc2O3)cc1.c1ccc([Si](c2ccccc2)(c2ccnc(-n3c4ccccc4n4c5ccccc5nc34)n2)c2cccc3c2Oc2ccccc2O3)cc1.c1ccc([Si](c2ccccc2)(c2ncnc(-n3c4ccccc4n4c5ccccc5nc34)n2)c2cccc3c2Oc2ccccc2O3)cc1. The highest BCUT2D eigenvalue weighted by Gasteiger charge is 2.51. The summed E-state index contributed by atoms with van der Waals surface area (Å²) in [6.07, 6.45) is 5.44. The van der Waals surface area contributed by atoms with Gasteiger partial charge in [0.1, 0.15) is 17.6 Å². The molecule has 3 aliphatic rings. The average Bonchev–Trinajstić information content (AvgIpc) is 1.43. The fourth-order valence-corrected chi connectivity index (χ4v) is 36.1. The molecule has 12 heterocycles. The van der Waals surface area contributed by atoms with Gasteiger partial charge < -0.3 is 28.4 Å². The van der Waals surface area contributed by atoms with Crippen LogP contribution in [0.2, 0.25) is 0 Å². The number of fused-ring (bicyclic) bond motifs is 21. The molecule has 18 aromatic carbocycles. The van der Waals surface area contributed by atoms with Gasteiger partial charge in [-0.25, -0.2) is 54.0 Å². The van der Waals surface area contributed by atoms with Crippen LogP contribution in [0.25, 0.3) is 101 Å². The number of pyridine rings is 1. The van der Waals surface area contributed by atoms with Crippen LogP contribution in [0.1, 0.15) is 0 Å². The van der Waals surface area contributed by atoms with Crippen molar-refractivity contribution in [3.05, 3.63) is 492 Å². The van der Waals surface area contributed by atoms with E-state index in [1.165, 1.54) is 10.4 Å². The van der Waals surface area contributed by atoms with Crippen LogP contribution in [0.5, 0.6) is 69.0 Å². The second-order valence-electron chi connectivity index (χ2n) is 36.2. The molecule has 0 saturated heterocycles. The Bertz CT molecular complexity index is 8830. The van der Waals surface area contributed by atoms with Crippen molar-refractivity contribution >= 4 is 170 Å². The summed E-state index contributed by atoms with van der Waals surface area (Å²) in [6.45, 7) is 0. The van der Waals surface area contributed by atoms with Gasteiger partial charge in [0.25, 0.3) is 0 Å². The predicted molar refractivity (Wildman–Crippen MR) is 586 cm³/mol. The van der Waals surface area contributed by atoms with Gasteiger partial charge in [0.15, 0.2) is 77.1 Å². The lowest BCUT2D eigenvalue weighted by molar-refractivity contribution is 0.362. The first-order chi connectivity index (χ1) is 72.9. The molecule has 0 amide bonds. The fourth-order valence-electron chi connectivity index (χ4n) is 22.1. The zero-order valence-corrected chi connectivity index (χ0v) is 81.4. The van der Waals surface area contributed by atoms with Crippen LogP contribution in [-0.4, -0.2) is 96.0 Å². The molecule has 0 bridgehead atoms. The smallest absolute Gasteiger partial charge is 0.239 e. The van der Waals surface area contributed by atoms with Crippen molar-refractivity contribution in [3.63, 3.8) is 0 Å². The van der Waals surface area contributed by atoms with Crippen LogP contribution < -0.4 is 91.1 Å². The molecule has 0 fully saturated rings. The molecular weight excluding hydrogens is 1870 g/mol. The van der Waals surface area contributed by atoms with E-state index in [4.69, 9.17) is 73.3 Å². The average molecular weight is 1950 g/mol. The molecule has 0 spiro atoms. The molecule has 3 aliphatic heterocycles. The van der Waals surface area contributed by atoms with Gasteiger partial charge in [0.2, 0.25) is 45.4 Å². The third kappa shape index (κ3) is 13.6. The van der Waals surface area contributed by atoms with Crippen molar-refractivity contribution < 1.29 is 28.4 Å². The molecule has 24 heteroatoms. The number of ether oxygens (including phenoxy) is 6. The molecule has 21 nitrogen and oxygen atoms in total. The normalized spacial score (nSPS) is 12.4. The largest absolute Gasteiger partial charge is 0.450 e. The summed E-state index contributed by atoms with van der Waals surface area (Å²) >= 11 is 0. The van der Waals surface area contributed by atoms with E-state index in [1.54, 1.807) is 6.33 Å². The monoisotopic (exact) mass is 1950 g/mol. The van der Waals surface area contributed by atoms with Gasteiger partial charge >= 0.3 is 0 Å². The first kappa shape index (κ1) is 85.4. The van der Waals surface area contributed by atoms with Crippen LogP contribution in [0, 0.1) is 0 Å². The highest BCUT2D eigenvalue weighted by Crippen LogP contribution is 2.49. The number of para-hydroxylation sites is 21. The molecule has 0 aliphatic carbocycles. The summed E-state index contributed by atoms with van der Waals surface area (Å²) in [5.74, 6) is 12.4. The number of rotatable bonds is 15. The van der Waals surface area contributed by atoms with Crippen molar-refractivity contribution in [2.24, 2.45) is 0 Å². The zero-order valence-electron chi connectivity index (χ0n) is 78.4. The molecule has 0 unspecified atom stereocenters. The summed E-state index contributed by atoms with van der Waals surface area (Å²) in [4.78, 5) is 46.1. The predicted octanol–water partition coefficient (Wildman–Crippen LogP) is 19.5. The fraction of sp³-hybridized carbons (Fsp3) is 0. The lowest BCUT2D eigenvalue weighted by atomic mass is 10.2. The molecule has 696 valence electrons. The van der Waals surface area contributed by atoms with Gasteiger partial charge in [-0.2, -0.15) is 0 Å². The molecule has 0 radical (unpaired) electrons. The third-order valence-electron chi connectivity index (χ3n) is 28.3. The van der Waals surface area contributed by atoms with Crippen molar-refractivity contribution in [2.45, 2.75) is 0 Å². The Hall–Kier alpha value is -19.5. The number of benzene rings is 18. The van der Waals surface area contributed by atoms with E-state index in [1.807, 2.05) is 187 Å². The number of aromatic nitrogens is 15. The van der Waals surface area contributed by atoms with E-state index in [2.05, 4.69) is 326 Å². The van der Waals surface area contributed by atoms with Crippen LogP contribution in [0.4, 0.5) is 0 Å². The maximum absolute atomic E-state index is 6.81. The molecular formula is C123H81N15O6Si3. The zero-order chi connectivity index (χ0) is 97.1. The van der Waals surface area contributed by atoms with Crippen molar-refractivity contribution in [2.75, 3.05) is 0 Å². The minimum Gasteiger partial charge on any atom is -0.450 e. The standard InChI is InChI=1S/C42H28N4O2Si.C41H27N5O2Si.C40H26N6O2Si/c1-3-14-29(15-4-1)49(30-16-5-2-6-17-30,39-25-13-24-38-41(39)48-37-23-12-11-22-36(37)47-38)31-26-27-43-40(28-31)46-35-21-10-9-20-34(35)45-33-19-8-7-18-32(33)44-42(45)46;1-3-14-28(15-4-1)49(29-16-5-2-6-17-29,37-25-13-24-36-39(37)48-35-23-12-11-22-34(35)47-36)38-26-27-42-40(44-38)46-33-21-10-9-20-32(33)45-31-19-8-7-18-30(31)43-41(45)46;1-3-14-27(15-4-1)49(28-16-5-2-6-17-28,36-25-13-24-35-37(36)48-34-23-12-11-22-33(34)47-35)39-42-26-41-38(44-39)46-32-21-10-9-20-31(32)45-30-19-8-7-18-29(30)43-40(45)46/h1-28H;1-27H;1-26H. The van der Waals surface area contributed by atoms with Crippen LogP contribution in [0.15, 0.2) is 492 Å². The third-order valence-corrected chi connectivity index (χ3v) is 42.2. The van der Waals surface area contributed by atoms with E-state index in [9.17, 15) is 0 Å². The van der Waals surface area contributed by atoms with Crippen LogP contribution in [0.3, 0.4) is 0 Å². The highest BCUT2D eigenvalue weighted by atomic mass is 28.3. The van der Waals surface area contributed by atoms with Gasteiger partial charge in [-0.05, 0) is 182 Å². The maximum atomic E-state index is 6.81. The summed E-state index contributed by atoms with van der Waals surface area (Å²) in [6, 6.07) is 162. The molecule has 0 saturated carbocycles. The Kier molecular flexibility index (Phi) is 20.3. The number of nitrogens with zero attached hydrogens (tertiary/aromatic N) is 15. The first-order valence-electron chi connectivity index (χ1n) is 48.6. The van der Waals surface area contributed by atoms with E-state index in [-0.39, 0.29) is 0 Å². The van der Waals surface area contributed by atoms with E-state index in [0.29, 0.717) is 80.6 Å². The van der Waals surface area contributed by atoms with E-state index >= 15 is 0 Å². The Morgan fingerprint density at radius 3 is 0.878 bits per heavy atom. The van der Waals surface area contributed by atoms with Crippen LogP contribution >= 0.6 is 0 Å². The summed E-state index contributed by atoms with van der Waals surface area (Å²) in [5, 5.41) is 12.2. The second kappa shape index (κ2) is 35.0. The van der Waals surface area contributed by atoms with Gasteiger partial charge in [-0.15, -0.1) is 0 Å². The molecule has 9 aromatic heterocycles. The maximum Gasteiger partial charge on any atom is 0.239 e. The first-order valence-corrected chi connectivity index (χ1v) is 54.6. The minimum absolute atomic E-state index is 0.488. The Balaban J connectivity index is 0.000000107. The van der Waals surface area contributed by atoms with Crippen LogP contribution in [-0.2, 0) is 0 Å². The molecule has 30 rings (SSSR count). The van der Waals surface area contributed by atoms with Gasteiger partial charge in [-0.1, -0.05) is 328 Å². The molecule has 147 heavy (non-hydrogen) atoms. The van der Waals surface area contributed by atoms with Gasteiger partial charge in [0.05, 0.1) is 66.2 Å². The topological polar surface area (TPSA) is 199 Å². The van der Waals surface area contributed by atoms with Crippen molar-refractivity contribution in [1.82, 2.24) is 71.8 Å². The Morgan fingerprint density at radius 2 is 0.483 bits per heavy atom. The molecule has 0 N–H and O–H groups in total. The lowest BCUT2D eigenvalue weighted by Gasteiger charge is -2.36. The highest BCUT2D eigenvalue weighted by molar-refractivity contribution is 7.21. The van der Waals surface area contributed by atoms with Gasteiger partial charge in [0, 0.05) is 33.3 Å². The number of hydrogen-bond acceptors (Lipinski definition) is 15. The van der Waals surface area contributed by atoms with Crippen molar-refractivity contribution in [1.29, 1.82) is 0 Å². The minimum atomic E-state index is -3.32. The summed E-state index contributed by atoms with van der Waals surface area (Å²) in [5.41, 5.74) is 12.6. The second-order valence-corrected chi connectivity index (χ2v) is 47.3. The Morgan fingerprint density at radius 1 is 0.190 bits per heavy atom. The summed E-state index contributed by atoms with van der Waals surface area (Å²) < 4.78 is 52.7. The lowest BCUT2D eigenvalue weighted by Crippen LogP contribution is -2.76. The molecule has 27 aromatic rings. The Labute approximate surface area is 843 Å². The number of imidazole rings is 6. The van der Waals surface area contributed by atoms with Gasteiger partial charge in [-0.3, -0.25) is 17.8 Å². The quantitative estimate of drug-likeness (QED) is 0.0693. The summed E-state index contributed by atoms with van der Waals surface area (Å²) in [7, 11) is -9.62. The van der Waals surface area contributed by atoms with Crippen molar-refractivity contribution in [3.8, 4) is 86.7 Å². The number of hydrogen-bond donors (Lipinski definition) is 0.